The number of hydrogen-bond donors (Lipinski definition) is 1. The highest BCUT2D eigenvalue weighted by Gasteiger charge is 2.09. The van der Waals surface area contributed by atoms with Gasteiger partial charge in [0.25, 0.3) is 0 Å². The van der Waals surface area contributed by atoms with Crippen LogP contribution in [0.15, 0.2) is 59.6 Å². The average molecular weight is 323 g/mol. The molecule has 0 aliphatic carbocycles. The van der Waals surface area contributed by atoms with Gasteiger partial charge in [-0.15, -0.1) is 0 Å². The second-order valence-electron chi connectivity index (χ2n) is 5.13. The first-order chi connectivity index (χ1) is 11.3. The van der Waals surface area contributed by atoms with Gasteiger partial charge in [-0.2, -0.15) is 11.3 Å². The minimum Gasteiger partial charge on any atom is -0.350 e. The van der Waals surface area contributed by atoms with E-state index in [9.17, 15) is 4.79 Å². The molecule has 23 heavy (non-hydrogen) atoms. The number of thiophene rings is 1. The van der Waals surface area contributed by atoms with Crippen LogP contribution in [0, 0.1) is 0 Å². The summed E-state index contributed by atoms with van der Waals surface area (Å²) in [6, 6.07) is 12.0. The number of hydrogen-bond acceptors (Lipinski definition) is 4. The number of amides is 1. The van der Waals surface area contributed by atoms with Gasteiger partial charge in [-0.1, -0.05) is 30.3 Å². The van der Waals surface area contributed by atoms with Crippen molar-refractivity contribution in [1.82, 2.24) is 15.3 Å². The first-order valence-electron chi connectivity index (χ1n) is 7.46. The quantitative estimate of drug-likeness (QED) is 0.756. The first-order valence-corrected chi connectivity index (χ1v) is 8.40. The van der Waals surface area contributed by atoms with Gasteiger partial charge in [-0.25, -0.2) is 0 Å². The molecule has 1 aromatic carbocycles. The first kappa shape index (κ1) is 15.4. The summed E-state index contributed by atoms with van der Waals surface area (Å²) in [5.74, 6) is 0.0239. The van der Waals surface area contributed by atoms with Crippen molar-refractivity contribution < 1.29 is 4.79 Å². The number of carbonyl (C=O) groups excluding carboxylic acids is 1. The number of aromatic nitrogens is 2. The molecule has 0 unspecified atom stereocenters. The molecule has 0 aliphatic rings. The monoisotopic (exact) mass is 323 g/mol. The van der Waals surface area contributed by atoms with Gasteiger partial charge >= 0.3 is 0 Å². The topological polar surface area (TPSA) is 54.9 Å². The molecular weight excluding hydrogens is 306 g/mol. The molecule has 1 N–H and O–H groups in total. The SMILES string of the molecule is O=C(CCc1ccccc1)NCc1nccnc1-c1ccsc1. The molecule has 3 rings (SSSR count). The van der Waals surface area contributed by atoms with Gasteiger partial charge in [0, 0.05) is 29.8 Å². The summed E-state index contributed by atoms with van der Waals surface area (Å²) in [6.45, 7) is 0.395. The van der Waals surface area contributed by atoms with Crippen LogP contribution >= 0.6 is 11.3 Å². The van der Waals surface area contributed by atoms with Crippen LogP contribution in [-0.4, -0.2) is 15.9 Å². The standard InChI is InChI=1S/C18H17N3OS/c22-17(7-6-14-4-2-1-3-5-14)21-12-16-18(20-10-9-19-16)15-8-11-23-13-15/h1-5,8-11,13H,6-7,12H2,(H,21,22). The number of benzene rings is 1. The predicted octanol–water partition coefficient (Wildman–Crippen LogP) is 3.45. The van der Waals surface area contributed by atoms with Gasteiger partial charge in [0.05, 0.1) is 17.9 Å². The number of carbonyl (C=O) groups is 1. The highest BCUT2D eigenvalue weighted by atomic mass is 32.1. The molecule has 4 nitrogen and oxygen atoms in total. The lowest BCUT2D eigenvalue weighted by Gasteiger charge is -2.08. The zero-order chi connectivity index (χ0) is 15.9. The van der Waals surface area contributed by atoms with E-state index in [1.54, 1.807) is 23.7 Å². The molecule has 0 atom stereocenters. The number of nitrogens with zero attached hydrogens (tertiary/aromatic N) is 2. The van der Waals surface area contributed by atoms with Crippen LogP contribution in [0.2, 0.25) is 0 Å². The molecule has 1 amide bonds. The Hall–Kier alpha value is -2.53. The fourth-order valence-corrected chi connectivity index (χ4v) is 2.95. The summed E-state index contributed by atoms with van der Waals surface area (Å²) in [7, 11) is 0. The fourth-order valence-electron chi connectivity index (χ4n) is 2.31. The molecule has 5 heteroatoms. The van der Waals surface area contributed by atoms with Crippen LogP contribution in [-0.2, 0) is 17.8 Å². The lowest BCUT2D eigenvalue weighted by atomic mass is 10.1. The van der Waals surface area contributed by atoms with Crippen molar-refractivity contribution in [1.29, 1.82) is 0 Å². The molecule has 116 valence electrons. The van der Waals surface area contributed by atoms with Crippen molar-refractivity contribution in [2.75, 3.05) is 0 Å². The Labute approximate surface area is 139 Å². The summed E-state index contributed by atoms with van der Waals surface area (Å²) >= 11 is 1.62. The maximum absolute atomic E-state index is 12.0. The summed E-state index contributed by atoms with van der Waals surface area (Å²) < 4.78 is 0. The number of nitrogens with one attached hydrogen (secondary N) is 1. The molecule has 0 radical (unpaired) electrons. The van der Waals surface area contributed by atoms with Gasteiger partial charge in [0.1, 0.15) is 0 Å². The Morgan fingerprint density at radius 2 is 1.91 bits per heavy atom. The largest absolute Gasteiger partial charge is 0.350 e. The molecule has 0 bridgehead atoms. The van der Waals surface area contributed by atoms with Gasteiger partial charge in [0.2, 0.25) is 5.91 Å². The zero-order valence-electron chi connectivity index (χ0n) is 12.6. The van der Waals surface area contributed by atoms with Gasteiger partial charge in [0.15, 0.2) is 0 Å². The molecular formula is C18H17N3OS. The Bertz CT molecular complexity index is 757. The van der Waals surface area contributed by atoms with Crippen molar-refractivity contribution in [3.05, 3.63) is 70.8 Å². The third-order valence-corrected chi connectivity index (χ3v) is 4.19. The van der Waals surface area contributed by atoms with Crippen LogP contribution in [0.25, 0.3) is 11.3 Å². The minimum absolute atomic E-state index is 0.0239. The van der Waals surface area contributed by atoms with Crippen molar-refractivity contribution >= 4 is 17.2 Å². The van der Waals surface area contributed by atoms with E-state index in [2.05, 4.69) is 15.3 Å². The molecule has 2 aromatic heterocycles. The van der Waals surface area contributed by atoms with E-state index < -0.39 is 0 Å². The highest BCUT2D eigenvalue weighted by Crippen LogP contribution is 2.22. The van der Waals surface area contributed by atoms with Crippen LogP contribution in [0.1, 0.15) is 17.7 Å². The lowest BCUT2D eigenvalue weighted by Crippen LogP contribution is -2.24. The van der Waals surface area contributed by atoms with Gasteiger partial charge < -0.3 is 5.32 Å². The summed E-state index contributed by atoms with van der Waals surface area (Å²) in [5, 5.41) is 6.97. The van der Waals surface area contributed by atoms with Crippen molar-refractivity contribution in [3.63, 3.8) is 0 Å². The van der Waals surface area contributed by atoms with Gasteiger partial charge in [-0.05, 0) is 23.4 Å². The van der Waals surface area contributed by atoms with E-state index in [1.807, 2.05) is 47.2 Å². The molecule has 0 saturated carbocycles. The summed E-state index contributed by atoms with van der Waals surface area (Å²) in [5.41, 5.74) is 3.83. The lowest BCUT2D eigenvalue weighted by molar-refractivity contribution is -0.121. The molecule has 0 aliphatic heterocycles. The Kier molecular flexibility index (Phi) is 5.11. The van der Waals surface area contributed by atoms with E-state index in [1.165, 1.54) is 5.56 Å². The number of aryl methyl sites for hydroxylation is 1. The second kappa shape index (κ2) is 7.65. The van der Waals surface area contributed by atoms with E-state index in [0.29, 0.717) is 13.0 Å². The van der Waals surface area contributed by atoms with E-state index in [0.717, 1.165) is 23.4 Å². The fraction of sp³-hybridized carbons (Fsp3) is 0.167. The molecule has 3 aromatic rings. The molecule has 2 heterocycles. The predicted molar refractivity (Wildman–Crippen MR) is 92.0 cm³/mol. The van der Waals surface area contributed by atoms with E-state index >= 15 is 0 Å². The van der Waals surface area contributed by atoms with E-state index in [-0.39, 0.29) is 5.91 Å². The molecule has 0 saturated heterocycles. The summed E-state index contributed by atoms with van der Waals surface area (Å²) in [4.78, 5) is 20.8. The van der Waals surface area contributed by atoms with Crippen LogP contribution < -0.4 is 5.32 Å². The highest BCUT2D eigenvalue weighted by molar-refractivity contribution is 7.08. The van der Waals surface area contributed by atoms with E-state index in [4.69, 9.17) is 0 Å². The maximum Gasteiger partial charge on any atom is 0.220 e. The molecule has 0 fully saturated rings. The number of rotatable bonds is 6. The zero-order valence-corrected chi connectivity index (χ0v) is 13.4. The normalized spacial score (nSPS) is 10.4. The minimum atomic E-state index is 0.0239. The summed E-state index contributed by atoms with van der Waals surface area (Å²) in [6.07, 6.45) is 4.54. The van der Waals surface area contributed by atoms with Crippen molar-refractivity contribution in [2.45, 2.75) is 19.4 Å². The van der Waals surface area contributed by atoms with Crippen molar-refractivity contribution in [2.24, 2.45) is 0 Å². The third-order valence-electron chi connectivity index (χ3n) is 3.51. The van der Waals surface area contributed by atoms with Crippen LogP contribution in [0.5, 0.6) is 0 Å². The molecule has 0 spiro atoms. The van der Waals surface area contributed by atoms with Crippen molar-refractivity contribution in [3.8, 4) is 11.3 Å². The Morgan fingerprint density at radius 1 is 1.09 bits per heavy atom. The third kappa shape index (κ3) is 4.23. The van der Waals surface area contributed by atoms with Gasteiger partial charge in [-0.3, -0.25) is 14.8 Å². The smallest absolute Gasteiger partial charge is 0.220 e. The van der Waals surface area contributed by atoms with Crippen LogP contribution in [0.3, 0.4) is 0 Å². The Morgan fingerprint density at radius 3 is 2.70 bits per heavy atom. The maximum atomic E-state index is 12.0. The van der Waals surface area contributed by atoms with Crippen LogP contribution in [0.4, 0.5) is 0 Å². The Balaban J connectivity index is 1.57. The second-order valence-corrected chi connectivity index (χ2v) is 5.91. The average Bonchev–Trinajstić information content (AvgIpc) is 3.14.